The number of piperidine rings is 1. The monoisotopic (exact) mass is 326 g/mol. The Bertz CT molecular complexity index is 589. The summed E-state index contributed by atoms with van der Waals surface area (Å²) in [6.45, 7) is 3.87. The summed E-state index contributed by atoms with van der Waals surface area (Å²) < 4.78 is 27.5. The molecule has 5 nitrogen and oxygen atoms in total. The molecule has 0 spiro atoms. The molecule has 1 aromatic carbocycles. The molecule has 1 heterocycles. The van der Waals surface area contributed by atoms with Gasteiger partial charge in [0.2, 0.25) is 0 Å². The molecule has 1 aromatic rings. The molecule has 7 heteroatoms. The number of hydrogen-bond acceptors (Lipinski definition) is 2. The second-order valence-corrected chi connectivity index (χ2v) is 6.09. The molecule has 2 rings (SSSR count). The Balaban J connectivity index is 2.07. The number of nitrogens with one attached hydrogen (secondary N) is 1. The van der Waals surface area contributed by atoms with Gasteiger partial charge >= 0.3 is 12.0 Å². The molecule has 0 aliphatic carbocycles. The molecule has 1 aliphatic rings. The van der Waals surface area contributed by atoms with E-state index >= 15 is 0 Å². The Morgan fingerprint density at radius 1 is 1.30 bits per heavy atom. The van der Waals surface area contributed by atoms with E-state index in [0.717, 1.165) is 12.1 Å². The fourth-order valence-electron chi connectivity index (χ4n) is 2.97. The van der Waals surface area contributed by atoms with E-state index in [1.54, 1.807) is 0 Å². The number of rotatable bonds is 3. The van der Waals surface area contributed by atoms with Crippen LogP contribution in [0.3, 0.4) is 0 Å². The van der Waals surface area contributed by atoms with Gasteiger partial charge in [-0.3, -0.25) is 4.79 Å². The highest BCUT2D eigenvalue weighted by Crippen LogP contribution is 2.24. The molecular formula is C16H20F2N2O3. The van der Waals surface area contributed by atoms with Gasteiger partial charge in [-0.1, -0.05) is 13.0 Å². The zero-order chi connectivity index (χ0) is 17.1. The fraction of sp³-hybridized carbons (Fsp3) is 0.500. The molecule has 3 atom stereocenters. The van der Waals surface area contributed by atoms with E-state index in [1.165, 1.54) is 17.9 Å². The van der Waals surface area contributed by atoms with E-state index in [4.69, 9.17) is 5.11 Å². The molecule has 1 fully saturated rings. The first-order valence-corrected chi connectivity index (χ1v) is 7.51. The minimum atomic E-state index is -0.942. The average molecular weight is 326 g/mol. The first-order chi connectivity index (χ1) is 10.8. The van der Waals surface area contributed by atoms with E-state index in [0.29, 0.717) is 13.0 Å². The van der Waals surface area contributed by atoms with Crippen molar-refractivity contribution in [1.82, 2.24) is 10.2 Å². The normalized spacial score (nSPS) is 22.5. The Morgan fingerprint density at radius 2 is 1.91 bits per heavy atom. The second kappa shape index (κ2) is 6.93. The van der Waals surface area contributed by atoms with Gasteiger partial charge in [0.25, 0.3) is 0 Å². The van der Waals surface area contributed by atoms with Crippen molar-refractivity contribution >= 4 is 12.0 Å². The van der Waals surface area contributed by atoms with Crippen LogP contribution in [0.2, 0.25) is 0 Å². The number of carbonyl (C=O) groups is 2. The lowest BCUT2D eigenvalue weighted by atomic mass is 9.91. The van der Waals surface area contributed by atoms with Crippen LogP contribution in [0.15, 0.2) is 18.2 Å². The van der Waals surface area contributed by atoms with Crippen LogP contribution >= 0.6 is 0 Å². The number of amides is 2. The van der Waals surface area contributed by atoms with E-state index in [2.05, 4.69) is 5.32 Å². The first-order valence-electron chi connectivity index (χ1n) is 7.51. The third kappa shape index (κ3) is 3.97. The molecule has 3 unspecified atom stereocenters. The summed E-state index contributed by atoms with van der Waals surface area (Å²) >= 11 is 0. The van der Waals surface area contributed by atoms with Crippen LogP contribution in [0.4, 0.5) is 13.6 Å². The highest BCUT2D eigenvalue weighted by Gasteiger charge is 2.32. The lowest BCUT2D eigenvalue weighted by Crippen LogP contribution is -2.50. The number of halogens is 2. The highest BCUT2D eigenvalue weighted by atomic mass is 19.1. The summed E-state index contributed by atoms with van der Waals surface area (Å²) in [6, 6.07) is 2.14. The van der Waals surface area contributed by atoms with Crippen molar-refractivity contribution in [3.63, 3.8) is 0 Å². The van der Waals surface area contributed by atoms with Crippen LogP contribution < -0.4 is 5.32 Å². The number of carboxylic acids is 1. The zero-order valence-electron chi connectivity index (χ0n) is 13.1. The molecule has 0 radical (unpaired) electrons. The predicted molar refractivity (Wildman–Crippen MR) is 79.8 cm³/mol. The molecule has 2 amide bonds. The summed E-state index contributed by atoms with van der Waals surface area (Å²) in [5.41, 5.74) is -0.208. The summed E-state index contributed by atoms with van der Waals surface area (Å²) in [7, 11) is 0. The van der Waals surface area contributed by atoms with E-state index < -0.39 is 35.6 Å². The van der Waals surface area contributed by atoms with Gasteiger partial charge in [-0.05, 0) is 31.4 Å². The molecule has 23 heavy (non-hydrogen) atoms. The summed E-state index contributed by atoms with van der Waals surface area (Å²) in [6.07, 6.45) is 0.511. The maximum Gasteiger partial charge on any atom is 0.317 e. The number of benzene rings is 1. The van der Waals surface area contributed by atoms with Crippen LogP contribution in [-0.4, -0.2) is 35.1 Å². The molecule has 0 bridgehead atoms. The smallest absolute Gasteiger partial charge is 0.317 e. The maximum atomic E-state index is 13.7. The summed E-state index contributed by atoms with van der Waals surface area (Å²) in [5, 5.41) is 11.7. The molecule has 2 N–H and O–H groups in total. The molecule has 0 saturated carbocycles. The minimum absolute atomic E-state index is 0.0519. The van der Waals surface area contributed by atoms with Crippen LogP contribution in [0.25, 0.3) is 0 Å². The third-order valence-electron chi connectivity index (χ3n) is 4.07. The number of urea groups is 1. The van der Waals surface area contributed by atoms with Crippen LogP contribution in [0.5, 0.6) is 0 Å². The molecular weight excluding hydrogens is 306 g/mol. The summed E-state index contributed by atoms with van der Waals surface area (Å²) in [4.78, 5) is 24.8. The minimum Gasteiger partial charge on any atom is -0.481 e. The molecule has 1 aliphatic heterocycles. The van der Waals surface area contributed by atoms with E-state index in [-0.39, 0.29) is 18.0 Å². The quantitative estimate of drug-likeness (QED) is 0.897. The number of carbonyl (C=O) groups excluding carboxylic acids is 1. The van der Waals surface area contributed by atoms with Gasteiger partial charge in [-0.2, -0.15) is 0 Å². The van der Waals surface area contributed by atoms with Crippen LogP contribution in [0, 0.1) is 23.5 Å². The third-order valence-corrected chi connectivity index (χ3v) is 4.07. The van der Waals surface area contributed by atoms with Crippen LogP contribution in [-0.2, 0) is 4.79 Å². The number of carboxylic acid groups (broad SMARTS) is 1. The van der Waals surface area contributed by atoms with E-state index in [9.17, 15) is 18.4 Å². The van der Waals surface area contributed by atoms with Gasteiger partial charge in [-0.25, -0.2) is 13.6 Å². The average Bonchev–Trinajstić information content (AvgIpc) is 2.46. The van der Waals surface area contributed by atoms with Crippen LogP contribution in [0.1, 0.15) is 31.9 Å². The van der Waals surface area contributed by atoms with Gasteiger partial charge in [0.1, 0.15) is 11.6 Å². The predicted octanol–water partition coefficient (Wildman–Crippen LogP) is 2.78. The van der Waals surface area contributed by atoms with Gasteiger partial charge in [0, 0.05) is 18.7 Å². The Morgan fingerprint density at radius 3 is 2.48 bits per heavy atom. The second-order valence-electron chi connectivity index (χ2n) is 6.09. The van der Waals surface area contributed by atoms with Gasteiger partial charge in [0.05, 0.1) is 12.0 Å². The largest absolute Gasteiger partial charge is 0.481 e. The van der Waals surface area contributed by atoms with Crippen molar-refractivity contribution in [2.75, 3.05) is 13.1 Å². The number of aliphatic carboxylic acids is 1. The Hall–Kier alpha value is -2.18. The van der Waals surface area contributed by atoms with E-state index in [1.807, 2.05) is 6.92 Å². The lowest BCUT2D eigenvalue weighted by Gasteiger charge is -2.35. The van der Waals surface area contributed by atoms with Gasteiger partial charge < -0.3 is 15.3 Å². The molecule has 1 saturated heterocycles. The van der Waals surface area contributed by atoms with Crippen molar-refractivity contribution in [3.05, 3.63) is 35.4 Å². The van der Waals surface area contributed by atoms with Crippen molar-refractivity contribution in [2.45, 2.75) is 26.3 Å². The lowest BCUT2D eigenvalue weighted by molar-refractivity contribution is -0.143. The summed E-state index contributed by atoms with van der Waals surface area (Å²) in [5.74, 6) is -2.97. The highest BCUT2D eigenvalue weighted by molar-refractivity contribution is 5.77. The maximum absolute atomic E-state index is 13.7. The number of likely N-dealkylation sites (tertiary alicyclic amines) is 1. The van der Waals surface area contributed by atoms with Crippen molar-refractivity contribution < 1.29 is 23.5 Å². The molecule has 0 aromatic heterocycles. The Kier molecular flexibility index (Phi) is 5.18. The van der Waals surface area contributed by atoms with Gasteiger partial charge in [0.15, 0.2) is 0 Å². The first kappa shape index (κ1) is 17.2. The SMILES string of the molecule is CC1CC(C(=O)O)CN(C(=O)NC(C)c2c(F)cccc2F)C1. The van der Waals surface area contributed by atoms with Crippen molar-refractivity contribution in [3.8, 4) is 0 Å². The Labute approximate surface area is 133 Å². The zero-order valence-corrected chi connectivity index (χ0v) is 13.1. The molecule has 126 valence electrons. The standard InChI is InChI=1S/C16H20F2N2O3/c1-9-6-11(15(21)22)8-20(7-9)16(23)19-10(2)14-12(17)4-3-5-13(14)18/h3-5,9-11H,6-8H2,1-2H3,(H,19,23)(H,21,22). The van der Waals surface area contributed by atoms with Crippen molar-refractivity contribution in [2.24, 2.45) is 11.8 Å². The fourth-order valence-corrected chi connectivity index (χ4v) is 2.97. The topological polar surface area (TPSA) is 69.6 Å². The van der Waals surface area contributed by atoms with Gasteiger partial charge in [-0.15, -0.1) is 0 Å². The number of nitrogens with zero attached hydrogens (tertiary/aromatic N) is 1. The van der Waals surface area contributed by atoms with Crippen molar-refractivity contribution in [1.29, 1.82) is 0 Å². The number of hydrogen-bond donors (Lipinski definition) is 2.